The topological polar surface area (TPSA) is 72.7 Å². The van der Waals surface area contributed by atoms with Gasteiger partial charge in [-0.1, -0.05) is 12.8 Å². The van der Waals surface area contributed by atoms with Crippen LogP contribution in [-0.2, 0) is 14.3 Å². The summed E-state index contributed by atoms with van der Waals surface area (Å²) in [7, 11) is 0. The van der Waals surface area contributed by atoms with Gasteiger partial charge >= 0.3 is 0 Å². The Hall–Kier alpha value is -0.740. The molecule has 0 radical (unpaired) electrons. The van der Waals surface area contributed by atoms with Gasteiger partial charge in [0.25, 0.3) is 0 Å². The van der Waals surface area contributed by atoms with Gasteiger partial charge in [-0.3, -0.25) is 4.79 Å². The Kier molecular flexibility index (Phi) is 4.76. The van der Waals surface area contributed by atoms with E-state index in [4.69, 9.17) is 10.5 Å². The summed E-state index contributed by atoms with van der Waals surface area (Å²) in [5.74, 6) is 0.213. The Morgan fingerprint density at radius 1 is 1.50 bits per heavy atom. The molecule has 0 bridgehead atoms. The quantitative estimate of drug-likeness (QED) is 0.349. The fourth-order valence-electron chi connectivity index (χ4n) is 1.32. The number of carbonyl (C=O) groups is 2. The van der Waals surface area contributed by atoms with Crippen molar-refractivity contribution in [1.29, 1.82) is 0 Å². The van der Waals surface area contributed by atoms with Crippen LogP contribution in [0.2, 0.25) is 0 Å². The number of rotatable bonds is 8. The van der Waals surface area contributed by atoms with E-state index >= 15 is 0 Å². The first-order valence-electron chi connectivity index (χ1n) is 5.09. The minimum absolute atomic E-state index is 0.104. The Labute approximate surface area is 83.8 Å². The van der Waals surface area contributed by atoms with Crippen LogP contribution >= 0.6 is 0 Å². The summed E-state index contributed by atoms with van der Waals surface area (Å²) < 4.78 is 4.87. The maximum absolute atomic E-state index is 11.2. The first kappa shape index (κ1) is 11.3. The van der Waals surface area contributed by atoms with Crippen molar-refractivity contribution in [2.45, 2.75) is 44.2 Å². The number of hydrogen-bond donors (Lipinski definition) is 1. The fourth-order valence-corrected chi connectivity index (χ4v) is 1.32. The van der Waals surface area contributed by atoms with Gasteiger partial charge in [-0.05, 0) is 12.8 Å². The third-order valence-electron chi connectivity index (χ3n) is 2.33. The Morgan fingerprint density at radius 2 is 2.21 bits per heavy atom. The van der Waals surface area contributed by atoms with Gasteiger partial charge in [0.15, 0.2) is 5.78 Å². The zero-order valence-electron chi connectivity index (χ0n) is 8.28. The average Bonchev–Trinajstić information content (AvgIpc) is 2.99. The SMILES string of the molecule is N[C@H](C=O)CCCCCC(=O)[C@@H]1CO1. The lowest BCUT2D eigenvalue weighted by molar-refractivity contribution is -0.120. The van der Waals surface area contributed by atoms with E-state index in [1.165, 1.54) is 0 Å². The molecule has 0 aromatic heterocycles. The molecule has 0 aromatic carbocycles. The molecule has 14 heavy (non-hydrogen) atoms. The predicted molar refractivity (Wildman–Crippen MR) is 51.9 cm³/mol. The van der Waals surface area contributed by atoms with Crippen LogP contribution < -0.4 is 5.73 Å². The third kappa shape index (κ3) is 4.48. The average molecular weight is 199 g/mol. The number of ether oxygens (including phenoxy) is 1. The van der Waals surface area contributed by atoms with Gasteiger partial charge in [0.05, 0.1) is 12.6 Å². The largest absolute Gasteiger partial charge is 0.365 e. The molecule has 0 saturated carbocycles. The van der Waals surface area contributed by atoms with E-state index in [-0.39, 0.29) is 17.9 Å². The van der Waals surface area contributed by atoms with Gasteiger partial charge in [0.1, 0.15) is 12.4 Å². The maximum atomic E-state index is 11.2. The van der Waals surface area contributed by atoms with Crippen LogP contribution in [0.1, 0.15) is 32.1 Å². The molecular weight excluding hydrogens is 182 g/mol. The van der Waals surface area contributed by atoms with E-state index in [9.17, 15) is 9.59 Å². The van der Waals surface area contributed by atoms with Gasteiger partial charge in [-0.15, -0.1) is 0 Å². The van der Waals surface area contributed by atoms with Crippen LogP contribution in [0, 0.1) is 0 Å². The van der Waals surface area contributed by atoms with Gasteiger partial charge < -0.3 is 15.3 Å². The highest BCUT2D eigenvalue weighted by molar-refractivity contribution is 5.84. The second-order valence-corrected chi connectivity index (χ2v) is 3.69. The van der Waals surface area contributed by atoms with Crippen molar-refractivity contribution in [2.75, 3.05) is 6.61 Å². The zero-order chi connectivity index (χ0) is 10.4. The number of nitrogens with two attached hydrogens (primary N) is 1. The number of hydrogen-bond acceptors (Lipinski definition) is 4. The van der Waals surface area contributed by atoms with Crippen molar-refractivity contribution in [3.8, 4) is 0 Å². The summed E-state index contributed by atoms with van der Waals surface area (Å²) in [6.45, 7) is 0.606. The van der Waals surface area contributed by atoms with Gasteiger partial charge in [-0.2, -0.15) is 0 Å². The number of aldehydes is 1. The molecule has 1 rings (SSSR count). The molecule has 0 aromatic rings. The molecule has 1 aliphatic heterocycles. The van der Waals surface area contributed by atoms with E-state index < -0.39 is 0 Å². The molecule has 1 saturated heterocycles. The molecule has 0 spiro atoms. The van der Waals surface area contributed by atoms with Crippen molar-refractivity contribution in [1.82, 2.24) is 0 Å². The summed E-state index contributed by atoms with van der Waals surface area (Å²) >= 11 is 0. The second kappa shape index (κ2) is 5.88. The van der Waals surface area contributed by atoms with Crippen LogP contribution in [-0.4, -0.2) is 30.8 Å². The molecule has 80 valence electrons. The summed E-state index contributed by atoms with van der Waals surface area (Å²) in [4.78, 5) is 21.3. The molecule has 2 atom stereocenters. The van der Waals surface area contributed by atoms with Crippen molar-refractivity contribution < 1.29 is 14.3 Å². The number of ketones is 1. The molecule has 1 heterocycles. The Bertz CT molecular complexity index is 202. The first-order valence-corrected chi connectivity index (χ1v) is 5.09. The molecule has 4 heteroatoms. The number of epoxide rings is 1. The van der Waals surface area contributed by atoms with E-state index in [2.05, 4.69) is 0 Å². The van der Waals surface area contributed by atoms with E-state index in [1.54, 1.807) is 0 Å². The minimum atomic E-state index is -0.336. The molecule has 2 N–H and O–H groups in total. The molecule has 0 aliphatic carbocycles. The number of unbranched alkanes of at least 4 members (excludes halogenated alkanes) is 2. The van der Waals surface area contributed by atoms with E-state index in [1.807, 2.05) is 0 Å². The van der Waals surface area contributed by atoms with Crippen LogP contribution in [0.5, 0.6) is 0 Å². The van der Waals surface area contributed by atoms with Gasteiger partial charge in [0, 0.05) is 6.42 Å². The van der Waals surface area contributed by atoms with Crippen LogP contribution in [0.4, 0.5) is 0 Å². The Morgan fingerprint density at radius 3 is 2.79 bits per heavy atom. The smallest absolute Gasteiger partial charge is 0.163 e. The van der Waals surface area contributed by atoms with Gasteiger partial charge in [-0.25, -0.2) is 0 Å². The van der Waals surface area contributed by atoms with Crippen LogP contribution in [0.15, 0.2) is 0 Å². The lowest BCUT2D eigenvalue weighted by atomic mass is 10.1. The van der Waals surface area contributed by atoms with Crippen molar-refractivity contribution in [3.63, 3.8) is 0 Å². The summed E-state index contributed by atoms with van der Waals surface area (Å²) in [6, 6.07) is -0.336. The van der Waals surface area contributed by atoms with Gasteiger partial charge in [0.2, 0.25) is 0 Å². The summed E-state index contributed by atoms with van der Waals surface area (Å²) in [6.07, 6.45) is 4.73. The highest BCUT2D eigenvalue weighted by Crippen LogP contribution is 2.14. The summed E-state index contributed by atoms with van der Waals surface area (Å²) in [5.41, 5.74) is 5.42. The Balaban J connectivity index is 1.88. The third-order valence-corrected chi connectivity index (χ3v) is 2.33. The van der Waals surface area contributed by atoms with E-state index in [0.717, 1.165) is 32.0 Å². The number of Topliss-reactive ketones (excluding diaryl/α,β-unsaturated/α-hetero) is 1. The van der Waals surface area contributed by atoms with Crippen molar-refractivity contribution in [2.24, 2.45) is 5.73 Å². The van der Waals surface area contributed by atoms with Crippen LogP contribution in [0.25, 0.3) is 0 Å². The monoisotopic (exact) mass is 199 g/mol. The maximum Gasteiger partial charge on any atom is 0.163 e. The molecule has 0 amide bonds. The number of carbonyl (C=O) groups excluding carboxylic acids is 2. The summed E-state index contributed by atoms with van der Waals surface area (Å²) in [5, 5.41) is 0. The van der Waals surface area contributed by atoms with Crippen molar-refractivity contribution >= 4 is 12.1 Å². The fraction of sp³-hybridized carbons (Fsp3) is 0.800. The molecule has 1 aliphatic rings. The van der Waals surface area contributed by atoms with E-state index in [0.29, 0.717) is 13.0 Å². The van der Waals surface area contributed by atoms with Crippen molar-refractivity contribution in [3.05, 3.63) is 0 Å². The standard InChI is InChI=1S/C10H17NO3/c11-8(6-12)4-2-1-3-5-9(13)10-7-14-10/h6,8,10H,1-5,7,11H2/t8-,10-/m0/s1. The molecule has 1 fully saturated rings. The molecule has 0 unspecified atom stereocenters. The first-order chi connectivity index (χ1) is 6.74. The molecule has 4 nitrogen and oxygen atoms in total. The van der Waals surface area contributed by atoms with Crippen LogP contribution in [0.3, 0.4) is 0 Å². The highest BCUT2D eigenvalue weighted by Gasteiger charge is 2.29. The zero-order valence-corrected chi connectivity index (χ0v) is 8.28. The highest BCUT2D eigenvalue weighted by atomic mass is 16.6. The normalized spacial score (nSPS) is 21.6. The second-order valence-electron chi connectivity index (χ2n) is 3.69. The lowest BCUT2D eigenvalue weighted by Crippen LogP contribution is -2.20. The molecular formula is C10H17NO3. The predicted octanol–water partition coefficient (Wildman–Crippen LogP) is 0.431. The lowest BCUT2D eigenvalue weighted by Gasteiger charge is -2.02. The minimum Gasteiger partial charge on any atom is -0.365 e.